The second-order valence-electron chi connectivity index (χ2n) is 8.64. The van der Waals surface area contributed by atoms with Crippen molar-refractivity contribution >= 4 is 24.0 Å². The van der Waals surface area contributed by atoms with Gasteiger partial charge in [0, 0.05) is 18.1 Å². The van der Waals surface area contributed by atoms with Crippen LogP contribution in [0.3, 0.4) is 0 Å². The maximum Gasteiger partial charge on any atom is 0.345 e. The number of rotatable bonds is 8. The lowest BCUT2D eigenvalue weighted by molar-refractivity contribution is -0.166. The van der Waals surface area contributed by atoms with E-state index in [0.717, 1.165) is 36.4 Å². The number of carbonyl (C=O) groups excluding carboxylic acids is 1. The Kier molecular flexibility index (Phi) is 7.20. The number of ether oxygens (including phenoxy) is 2. The Morgan fingerprint density at radius 3 is 2.10 bits per heavy atom. The average Bonchev–Trinajstić information content (AvgIpc) is 3.29. The summed E-state index contributed by atoms with van der Waals surface area (Å²) in [6, 6.07) is 9.74. The van der Waals surface area contributed by atoms with Crippen LogP contribution in [0.4, 0.5) is 0 Å². The highest BCUT2D eigenvalue weighted by molar-refractivity contribution is 5.90. The molecule has 0 aliphatic carbocycles. The molecular weight excluding hydrogens is 516 g/mol. The SMILES string of the molecule is O=C(O)/C=C/c1ccc(O)c2c1[C@H](C(=O)O[C@H](Cc1ccc(O)c(O)c1)C(=O)O)[C@@H](c1ccc(O)c(O)c1)O2. The van der Waals surface area contributed by atoms with E-state index >= 15 is 0 Å². The van der Waals surface area contributed by atoms with Crippen molar-refractivity contribution in [2.75, 3.05) is 0 Å². The largest absolute Gasteiger partial charge is 0.504 e. The number of carboxylic acid groups (broad SMARTS) is 2. The van der Waals surface area contributed by atoms with Gasteiger partial charge in [0.1, 0.15) is 12.0 Å². The molecule has 1 aliphatic rings. The number of phenols is 5. The van der Waals surface area contributed by atoms with Gasteiger partial charge in [0.05, 0.1) is 0 Å². The van der Waals surface area contributed by atoms with E-state index in [9.17, 15) is 45.0 Å². The fourth-order valence-electron chi connectivity index (χ4n) is 4.22. The van der Waals surface area contributed by atoms with Crippen molar-refractivity contribution in [2.45, 2.75) is 24.5 Å². The lowest BCUT2D eigenvalue weighted by Crippen LogP contribution is -2.32. The summed E-state index contributed by atoms with van der Waals surface area (Å²) in [6.07, 6.45) is -1.46. The van der Waals surface area contributed by atoms with E-state index in [4.69, 9.17) is 14.6 Å². The van der Waals surface area contributed by atoms with Crippen LogP contribution in [0.15, 0.2) is 54.6 Å². The summed E-state index contributed by atoms with van der Waals surface area (Å²) >= 11 is 0. The molecule has 3 atom stereocenters. The van der Waals surface area contributed by atoms with E-state index in [-0.39, 0.29) is 34.4 Å². The van der Waals surface area contributed by atoms with Gasteiger partial charge in [0.15, 0.2) is 34.5 Å². The molecule has 0 amide bonds. The molecule has 1 aliphatic heterocycles. The Hall–Kier alpha value is -5.39. The number of hydrogen-bond acceptors (Lipinski definition) is 10. The predicted octanol–water partition coefficient (Wildman–Crippen LogP) is 2.77. The maximum atomic E-state index is 13.6. The number of benzene rings is 3. The van der Waals surface area contributed by atoms with Gasteiger partial charge in [0.25, 0.3) is 0 Å². The normalized spacial score (nSPS) is 16.8. The quantitative estimate of drug-likeness (QED) is 0.125. The van der Waals surface area contributed by atoms with Crippen molar-refractivity contribution < 1.29 is 59.6 Å². The topological polar surface area (TPSA) is 211 Å². The lowest BCUT2D eigenvalue weighted by Gasteiger charge is -2.22. The highest BCUT2D eigenvalue weighted by Crippen LogP contribution is 2.53. The molecule has 12 nitrogen and oxygen atoms in total. The minimum atomic E-state index is -1.75. The molecule has 7 N–H and O–H groups in total. The summed E-state index contributed by atoms with van der Waals surface area (Å²) in [6.45, 7) is 0. The van der Waals surface area contributed by atoms with E-state index < -0.39 is 64.8 Å². The highest BCUT2D eigenvalue weighted by atomic mass is 16.6. The van der Waals surface area contributed by atoms with E-state index in [1.165, 1.54) is 24.3 Å². The van der Waals surface area contributed by atoms with Crippen LogP contribution in [0.1, 0.15) is 34.3 Å². The molecule has 0 fully saturated rings. The first-order valence-corrected chi connectivity index (χ1v) is 11.4. The molecule has 39 heavy (non-hydrogen) atoms. The fourth-order valence-corrected chi connectivity index (χ4v) is 4.22. The van der Waals surface area contributed by atoms with Crippen molar-refractivity contribution in [3.05, 3.63) is 76.9 Å². The van der Waals surface area contributed by atoms with Gasteiger partial charge in [-0.1, -0.05) is 18.2 Å². The van der Waals surface area contributed by atoms with Gasteiger partial charge < -0.3 is 45.2 Å². The van der Waals surface area contributed by atoms with Crippen LogP contribution in [-0.2, 0) is 25.5 Å². The molecule has 4 rings (SSSR count). The fraction of sp³-hybridized carbons (Fsp3) is 0.148. The Balaban J connectivity index is 1.77. The summed E-state index contributed by atoms with van der Waals surface area (Å²) in [5, 5.41) is 68.3. The summed E-state index contributed by atoms with van der Waals surface area (Å²) in [7, 11) is 0. The average molecular weight is 538 g/mol. The smallest absolute Gasteiger partial charge is 0.345 e. The molecule has 202 valence electrons. The van der Waals surface area contributed by atoms with Crippen molar-refractivity contribution in [3.8, 4) is 34.5 Å². The van der Waals surface area contributed by atoms with Gasteiger partial charge in [-0.15, -0.1) is 0 Å². The molecule has 12 heteroatoms. The van der Waals surface area contributed by atoms with Gasteiger partial charge in [-0.3, -0.25) is 4.79 Å². The molecule has 3 aromatic rings. The zero-order valence-corrected chi connectivity index (χ0v) is 19.9. The number of aromatic hydroxyl groups is 5. The van der Waals surface area contributed by atoms with Crippen molar-refractivity contribution in [3.63, 3.8) is 0 Å². The van der Waals surface area contributed by atoms with Crippen LogP contribution in [-0.4, -0.2) is 59.8 Å². The number of carbonyl (C=O) groups is 3. The molecule has 0 spiro atoms. The molecule has 0 saturated heterocycles. The number of hydrogen-bond donors (Lipinski definition) is 7. The Morgan fingerprint density at radius 1 is 0.846 bits per heavy atom. The standard InChI is InChI=1S/C27H22O12/c28-15-5-1-12(9-18(15)31)10-20(26(35)36)38-27(37)23-22-13(4-8-21(33)34)2-7-17(30)25(22)39-24(23)14-3-6-16(29)19(32)11-14/h1-9,11,20,23-24,28-32H,10H2,(H,33,34)(H,35,36)/b8-4+/t20-,23+,24-/m1/s1. The Bertz CT molecular complexity index is 1490. The summed E-state index contributed by atoms with van der Waals surface area (Å²) in [4.78, 5) is 36.7. The van der Waals surface area contributed by atoms with Crippen LogP contribution < -0.4 is 4.74 Å². The van der Waals surface area contributed by atoms with Crippen LogP contribution >= 0.6 is 0 Å². The van der Waals surface area contributed by atoms with Gasteiger partial charge in [0.2, 0.25) is 6.10 Å². The van der Waals surface area contributed by atoms with Crippen LogP contribution in [0.5, 0.6) is 34.5 Å². The minimum Gasteiger partial charge on any atom is -0.504 e. The summed E-state index contributed by atoms with van der Waals surface area (Å²) in [5.41, 5.74) is 0.567. The monoisotopic (exact) mass is 538 g/mol. The van der Waals surface area contributed by atoms with E-state index in [1.807, 2.05) is 0 Å². The van der Waals surface area contributed by atoms with E-state index in [1.54, 1.807) is 0 Å². The third-order valence-corrected chi connectivity index (χ3v) is 6.05. The van der Waals surface area contributed by atoms with Crippen LogP contribution in [0.25, 0.3) is 6.08 Å². The number of esters is 1. The minimum absolute atomic E-state index is 0.0153. The second-order valence-corrected chi connectivity index (χ2v) is 8.64. The maximum absolute atomic E-state index is 13.6. The molecular formula is C27H22O12. The predicted molar refractivity (Wildman–Crippen MR) is 132 cm³/mol. The molecule has 0 bridgehead atoms. The third kappa shape index (κ3) is 5.49. The van der Waals surface area contributed by atoms with Crippen molar-refractivity contribution in [2.24, 2.45) is 0 Å². The highest BCUT2D eigenvalue weighted by Gasteiger charge is 2.45. The van der Waals surface area contributed by atoms with Gasteiger partial charge in [-0.05, 0) is 53.1 Å². The van der Waals surface area contributed by atoms with Crippen molar-refractivity contribution in [1.82, 2.24) is 0 Å². The lowest BCUT2D eigenvalue weighted by atomic mass is 9.87. The van der Waals surface area contributed by atoms with Crippen LogP contribution in [0.2, 0.25) is 0 Å². The zero-order chi connectivity index (χ0) is 28.4. The zero-order valence-electron chi connectivity index (χ0n) is 19.9. The van der Waals surface area contributed by atoms with Gasteiger partial charge in [-0.2, -0.15) is 0 Å². The first kappa shape index (κ1) is 26.7. The molecule has 0 saturated carbocycles. The molecule has 0 aromatic heterocycles. The molecule has 1 heterocycles. The Morgan fingerprint density at radius 2 is 1.49 bits per heavy atom. The van der Waals surface area contributed by atoms with Gasteiger partial charge in [-0.25, -0.2) is 9.59 Å². The van der Waals surface area contributed by atoms with E-state index in [2.05, 4.69) is 0 Å². The van der Waals surface area contributed by atoms with Gasteiger partial charge >= 0.3 is 17.9 Å². The molecule has 0 radical (unpaired) electrons. The number of aliphatic carboxylic acids is 2. The third-order valence-electron chi connectivity index (χ3n) is 6.05. The second kappa shape index (κ2) is 10.5. The molecule has 3 aromatic carbocycles. The first-order chi connectivity index (χ1) is 18.5. The number of fused-ring (bicyclic) bond motifs is 1. The summed E-state index contributed by atoms with van der Waals surface area (Å²) < 4.78 is 11.2. The molecule has 0 unspecified atom stereocenters. The number of carboxylic acids is 2. The van der Waals surface area contributed by atoms with Crippen LogP contribution in [0, 0.1) is 0 Å². The van der Waals surface area contributed by atoms with Crippen molar-refractivity contribution in [1.29, 1.82) is 0 Å². The van der Waals surface area contributed by atoms with E-state index in [0.29, 0.717) is 0 Å². The summed E-state index contributed by atoms with van der Waals surface area (Å²) in [5.74, 6) is -7.87. The number of phenolic OH excluding ortho intramolecular Hbond substituents is 5. The first-order valence-electron chi connectivity index (χ1n) is 11.4. The Labute approximate surface area is 219 Å².